The third kappa shape index (κ3) is 3.35. The van der Waals surface area contributed by atoms with Crippen molar-refractivity contribution in [3.8, 4) is 11.4 Å². The van der Waals surface area contributed by atoms with Crippen LogP contribution in [0.4, 0.5) is 4.39 Å². The van der Waals surface area contributed by atoms with E-state index in [0.29, 0.717) is 30.4 Å². The molecule has 9 heteroatoms. The predicted octanol–water partition coefficient (Wildman–Crippen LogP) is 2.87. The van der Waals surface area contributed by atoms with Crippen molar-refractivity contribution in [1.82, 2.24) is 14.4 Å². The monoisotopic (exact) mass is 379 g/mol. The van der Waals surface area contributed by atoms with E-state index >= 15 is 0 Å². The molecule has 6 nitrogen and oxygen atoms in total. The van der Waals surface area contributed by atoms with Gasteiger partial charge in [0.15, 0.2) is 0 Å². The summed E-state index contributed by atoms with van der Waals surface area (Å²) in [6.07, 6.45) is 0. The van der Waals surface area contributed by atoms with Gasteiger partial charge in [0, 0.05) is 24.0 Å². The molecular weight excluding hydrogens is 365 g/mol. The maximum Gasteiger partial charge on any atom is 0.232 e. The van der Waals surface area contributed by atoms with Crippen LogP contribution in [0.1, 0.15) is 17.4 Å². The van der Waals surface area contributed by atoms with E-state index in [0.717, 1.165) is 5.56 Å². The van der Waals surface area contributed by atoms with Crippen LogP contribution in [0.3, 0.4) is 0 Å². The first kappa shape index (κ1) is 16.4. The molecule has 1 saturated heterocycles. The number of benzene rings is 1. The van der Waals surface area contributed by atoms with Crippen molar-refractivity contribution in [2.24, 2.45) is 0 Å². The van der Waals surface area contributed by atoms with Gasteiger partial charge in [-0.2, -0.15) is 20.6 Å². The van der Waals surface area contributed by atoms with Crippen LogP contribution >= 0.6 is 11.3 Å². The summed E-state index contributed by atoms with van der Waals surface area (Å²) in [4.78, 5) is 4.35. The lowest BCUT2D eigenvalue weighted by Gasteiger charge is -2.35. The molecule has 25 heavy (non-hydrogen) atoms. The fourth-order valence-corrected chi connectivity index (χ4v) is 4.86. The number of aromatic nitrogens is 2. The molecule has 0 aliphatic carbocycles. The van der Waals surface area contributed by atoms with E-state index in [1.807, 2.05) is 16.8 Å². The maximum absolute atomic E-state index is 12.9. The van der Waals surface area contributed by atoms with Crippen molar-refractivity contribution in [3.05, 3.63) is 58.4 Å². The van der Waals surface area contributed by atoms with Crippen molar-refractivity contribution in [2.75, 3.05) is 13.1 Å². The average Bonchev–Trinajstić information content (AvgIpc) is 3.18. The molecule has 0 N–H and O–H groups in total. The van der Waals surface area contributed by atoms with Gasteiger partial charge in [-0.1, -0.05) is 17.3 Å². The summed E-state index contributed by atoms with van der Waals surface area (Å²) in [5.74, 6) is 0.341. The Bertz CT molecular complexity index is 962. The minimum atomic E-state index is -3.44. The molecule has 0 radical (unpaired) electrons. The predicted molar refractivity (Wildman–Crippen MR) is 90.9 cm³/mol. The smallest absolute Gasteiger partial charge is 0.232 e. The standard InChI is InChI=1S/C16H14FN3O3S2/c17-14-3-1-11(2-4-14)10-25(21,22)20-7-13(8-20)16-18-15(19-23-16)12-5-6-24-9-12/h1-6,9,13H,7-8,10H2. The Morgan fingerprint density at radius 2 is 2.00 bits per heavy atom. The van der Waals surface area contributed by atoms with E-state index in [1.54, 1.807) is 11.3 Å². The SMILES string of the molecule is O=S(=O)(Cc1ccc(F)cc1)N1CC(c2nc(-c3ccsc3)no2)C1. The van der Waals surface area contributed by atoms with E-state index in [-0.39, 0.29) is 17.5 Å². The molecule has 0 amide bonds. The van der Waals surface area contributed by atoms with Crippen LogP contribution in [0.5, 0.6) is 0 Å². The lowest BCUT2D eigenvalue weighted by molar-refractivity contribution is 0.216. The molecule has 2 aromatic heterocycles. The number of hydrogen-bond donors (Lipinski definition) is 0. The number of hydrogen-bond acceptors (Lipinski definition) is 6. The fourth-order valence-electron chi connectivity index (χ4n) is 2.61. The third-order valence-corrected chi connectivity index (χ3v) is 6.54. The van der Waals surface area contributed by atoms with Crippen LogP contribution in [-0.4, -0.2) is 36.0 Å². The van der Waals surface area contributed by atoms with Crippen molar-refractivity contribution in [3.63, 3.8) is 0 Å². The van der Waals surface area contributed by atoms with Gasteiger partial charge in [-0.05, 0) is 29.1 Å². The topological polar surface area (TPSA) is 76.3 Å². The van der Waals surface area contributed by atoms with E-state index in [9.17, 15) is 12.8 Å². The Hall–Kier alpha value is -2.10. The summed E-state index contributed by atoms with van der Waals surface area (Å²) in [7, 11) is -3.44. The van der Waals surface area contributed by atoms with Crippen LogP contribution in [0.15, 0.2) is 45.6 Å². The number of nitrogens with zero attached hydrogens (tertiary/aromatic N) is 3. The van der Waals surface area contributed by atoms with Gasteiger partial charge in [-0.15, -0.1) is 0 Å². The van der Waals surface area contributed by atoms with Crippen molar-refractivity contribution in [2.45, 2.75) is 11.7 Å². The number of halogens is 1. The average molecular weight is 379 g/mol. The van der Waals surface area contributed by atoms with Crippen LogP contribution < -0.4 is 0 Å². The van der Waals surface area contributed by atoms with Crippen LogP contribution in [0.25, 0.3) is 11.4 Å². The zero-order chi connectivity index (χ0) is 17.4. The van der Waals surface area contributed by atoms with Gasteiger partial charge in [0.1, 0.15) is 5.82 Å². The summed E-state index contributed by atoms with van der Waals surface area (Å²) in [5, 5.41) is 7.80. The van der Waals surface area contributed by atoms with E-state index in [1.165, 1.54) is 28.6 Å². The normalized spacial score (nSPS) is 16.0. The Labute approximate surface area is 148 Å². The van der Waals surface area contributed by atoms with E-state index in [4.69, 9.17) is 4.52 Å². The fraction of sp³-hybridized carbons (Fsp3) is 0.250. The summed E-state index contributed by atoms with van der Waals surface area (Å²) < 4.78 is 44.4. The molecule has 0 atom stereocenters. The van der Waals surface area contributed by atoms with Gasteiger partial charge in [-0.3, -0.25) is 0 Å². The number of thiophene rings is 1. The molecule has 1 aliphatic heterocycles. The van der Waals surface area contributed by atoms with Gasteiger partial charge in [-0.25, -0.2) is 12.8 Å². The number of sulfonamides is 1. The Balaban J connectivity index is 1.40. The van der Waals surface area contributed by atoms with Crippen molar-refractivity contribution < 1.29 is 17.3 Å². The molecule has 0 spiro atoms. The third-order valence-electron chi connectivity index (χ3n) is 4.07. The second-order valence-electron chi connectivity index (χ2n) is 5.86. The summed E-state index contributed by atoms with van der Waals surface area (Å²) >= 11 is 1.54. The lowest BCUT2D eigenvalue weighted by atomic mass is 10.0. The van der Waals surface area contributed by atoms with Gasteiger partial charge < -0.3 is 4.52 Å². The van der Waals surface area contributed by atoms with Crippen LogP contribution in [0.2, 0.25) is 0 Å². The molecule has 1 fully saturated rings. The molecule has 1 aliphatic rings. The first-order valence-electron chi connectivity index (χ1n) is 7.60. The van der Waals surface area contributed by atoms with E-state index in [2.05, 4.69) is 10.1 Å². The number of rotatable bonds is 5. The lowest BCUT2D eigenvalue weighted by Crippen LogP contribution is -2.48. The van der Waals surface area contributed by atoms with Crippen LogP contribution in [0, 0.1) is 5.82 Å². The highest BCUT2D eigenvalue weighted by atomic mass is 32.2. The quantitative estimate of drug-likeness (QED) is 0.681. The first-order valence-corrected chi connectivity index (χ1v) is 10.1. The van der Waals surface area contributed by atoms with Gasteiger partial charge in [0.2, 0.25) is 21.7 Å². The summed E-state index contributed by atoms with van der Waals surface area (Å²) in [6.45, 7) is 0.629. The Kier molecular flexibility index (Phi) is 4.14. The second kappa shape index (κ2) is 6.32. The highest BCUT2D eigenvalue weighted by molar-refractivity contribution is 7.88. The van der Waals surface area contributed by atoms with Gasteiger partial charge in [0.05, 0.1) is 11.7 Å². The molecule has 0 bridgehead atoms. The summed E-state index contributed by atoms with van der Waals surface area (Å²) in [6, 6.07) is 7.38. The van der Waals surface area contributed by atoms with Crippen LogP contribution in [-0.2, 0) is 15.8 Å². The molecule has 0 saturated carbocycles. The highest BCUT2D eigenvalue weighted by Gasteiger charge is 2.39. The largest absolute Gasteiger partial charge is 0.339 e. The van der Waals surface area contributed by atoms with E-state index < -0.39 is 10.0 Å². The van der Waals surface area contributed by atoms with Gasteiger partial charge >= 0.3 is 0 Å². The second-order valence-corrected chi connectivity index (χ2v) is 8.61. The molecule has 130 valence electrons. The molecule has 0 unspecified atom stereocenters. The first-order chi connectivity index (χ1) is 12.0. The van der Waals surface area contributed by atoms with Gasteiger partial charge in [0.25, 0.3) is 0 Å². The molecule has 3 aromatic rings. The zero-order valence-corrected chi connectivity index (χ0v) is 14.6. The van der Waals surface area contributed by atoms with Crippen molar-refractivity contribution >= 4 is 21.4 Å². The zero-order valence-electron chi connectivity index (χ0n) is 13.0. The minimum Gasteiger partial charge on any atom is -0.339 e. The maximum atomic E-state index is 12.9. The molecular formula is C16H14FN3O3S2. The molecule has 1 aromatic carbocycles. The molecule has 4 rings (SSSR count). The molecule has 3 heterocycles. The Morgan fingerprint density at radius 3 is 2.68 bits per heavy atom. The highest BCUT2D eigenvalue weighted by Crippen LogP contribution is 2.31. The summed E-state index contributed by atoms with van der Waals surface area (Å²) in [5.41, 5.74) is 1.45. The minimum absolute atomic E-state index is 0.0946. The Morgan fingerprint density at radius 1 is 1.24 bits per heavy atom. The van der Waals surface area contributed by atoms with Crippen molar-refractivity contribution in [1.29, 1.82) is 0 Å².